The molecule has 142 valence electrons. The molecule has 2 aromatic rings. The molecule has 1 aromatic carbocycles. The number of amides is 1. The lowest BCUT2D eigenvalue weighted by atomic mass is 10.0. The van der Waals surface area contributed by atoms with Crippen LogP contribution >= 0.6 is 0 Å². The molecule has 1 aromatic heterocycles. The van der Waals surface area contributed by atoms with Crippen LogP contribution in [0.3, 0.4) is 0 Å². The van der Waals surface area contributed by atoms with Gasteiger partial charge in [-0.05, 0) is 36.8 Å². The lowest BCUT2D eigenvalue weighted by Crippen LogP contribution is -2.26. The maximum Gasteiger partial charge on any atom is 0.416 e. The lowest BCUT2D eigenvalue weighted by Gasteiger charge is -2.15. The fraction of sp³-hybridized carbons (Fsp3) is 0.312. The van der Waals surface area contributed by atoms with Crippen LogP contribution in [0.4, 0.5) is 13.2 Å². The van der Waals surface area contributed by atoms with Gasteiger partial charge in [0.05, 0.1) is 24.4 Å². The quantitative estimate of drug-likeness (QED) is 0.794. The number of alkyl halides is 3. The topological polar surface area (TPSA) is 88.4 Å². The molecule has 0 spiro atoms. The highest BCUT2D eigenvalue weighted by molar-refractivity contribution is 7.88. The van der Waals surface area contributed by atoms with Gasteiger partial charge in [-0.1, -0.05) is 12.1 Å². The zero-order chi connectivity index (χ0) is 19.5. The van der Waals surface area contributed by atoms with Crippen LogP contribution in [0.5, 0.6) is 0 Å². The number of hydrogen-bond donors (Lipinski definition) is 2. The number of carbonyl (C=O) groups excluding carboxylic acids is 1. The van der Waals surface area contributed by atoms with Gasteiger partial charge in [0, 0.05) is 0 Å². The molecule has 10 heteroatoms. The fourth-order valence-electron chi connectivity index (χ4n) is 2.13. The zero-order valence-corrected chi connectivity index (χ0v) is 14.7. The summed E-state index contributed by atoms with van der Waals surface area (Å²) in [4.78, 5) is 12.2. The number of rotatable bonds is 6. The monoisotopic (exact) mass is 390 g/mol. The van der Waals surface area contributed by atoms with Crippen molar-refractivity contribution >= 4 is 15.9 Å². The molecule has 0 radical (unpaired) electrons. The normalized spacial score (nSPS) is 13.4. The Bertz CT molecular complexity index is 891. The summed E-state index contributed by atoms with van der Waals surface area (Å²) in [5.41, 5.74) is -0.512. The smallest absolute Gasteiger partial charge is 0.416 e. The predicted octanol–water partition coefficient (Wildman–Crippen LogP) is 2.84. The molecule has 6 nitrogen and oxygen atoms in total. The second-order valence-electron chi connectivity index (χ2n) is 5.68. The number of halogens is 3. The van der Waals surface area contributed by atoms with E-state index < -0.39 is 33.7 Å². The van der Waals surface area contributed by atoms with E-state index in [1.165, 1.54) is 24.3 Å². The van der Waals surface area contributed by atoms with Crippen LogP contribution in [0, 0.1) is 0 Å². The van der Waals surface area contributed by atoms with Crippen molar-refractivity contribution in [3.8, 4) is 0 Å². The van der Waals surface area contributed by atoms with Crippen LogP contribution in [-0.2, 0) is 22.7 Å². The number of hydrogen-bond acceptors (Lipinski definition) is 4. The second-order valence-corrected chi connectivity index (χ2v) is 7.51. The Balaban J connectivity index is 2.04. The molecule has 0 saturated carbocycles. The minimum Gasteiger partial charge on any atom is -0.455 e. The van der Waals surface area contributed by atoms with Crippen LogP contribution in [0.15, 0.2) is 40.8 Å². The number of benzene rings is 1. The van der Waals surface area contributed by atoms with E-state index in [1.54, 1.807) is 6.92 Å². The third kappa shape index (κ3) is 5.60. The highest BCUT2D eigenvalue weighted by Crippen LogP contribution is 2.30. The van der Waals surface area contributed by atoms with Crippen molar-refractivity contribution in [1.29, 1.82) is 0 Å². The average Bonchev–Trinajstić information content (AvgIpc) is 3.01. The molecule has 0 aliphatic carbocycles. The molecule has 0 aliphatic rings. The van der Waals surface area contributed by atoms with E-state index >= 15 is 0 Å². The van der Waals surface area contributed by atoms with Gasteiger partial charge in [0.1, 0.15) is 5.76 Å². The molecule has 0 aliphatic heterocycles. The summed E-state index contributed by atoms with van der Waals surface area (Å²) < 4.78 is 67.8. The van der Waals surface area contributed by atoms with Crippen molar-refractivity contribution < 1.29 is 30.8 Å². The largest absolute Gasteiger partial charge is 0.455 e. The maximum atomic E-state index is 12.8. The van der Waals surface area contributed by atoms with Gasteiger partial charge in [-0.3, -0.25) is 4.79 Å². The highest BCUT2D eigenvalue weighted by atomic mass is 32.2. The Morgan fingerprint density at radius 3 is 2.54 bits per heavy atom. The van der Waals surface area contributed by atoms with E-state index in [9.17, 15) is 26.4 Å². The van der Waals surface area contributed by atoms with Gasteiger partial charge in [-0.25, -0.2) is 13.1 Å². The summed E-state index contributed by atoms with van der Waals surface area (Å²) in [6.45, 7) is 1.43. The van der Waals surface area contributed by atoms with Crippen LogP contribution in [0.2, 0.25) is 0 Å². The van der Waals surface area contributed by atoms with E-state index in [0.29, 0.717) is 5.56 Å². The molecule has 2 rings (SSSR count). The number of furan rings is 1. The Kier molecular flexibility index (Phi) is 5.77. The van der Waals surface area contributed by atoms with Crippen molar-refractivity contribution in [1.82, 2.24) is 10.0 Å². The van der Waals surface area contributed by atoms with Crippen molar-refractivity contribution in [3.05, 3.63) is 59.0 Å². The molecule has 0 unspecified atom stereocenters. The first kappa shape index (κ1) is 20.0. The molecule has 1 atom stereocenters. The Morgan fingerprint density at radius 2 is 1.92 bits per heavy atom. The first-order valence-electron chi connectivity index (χ1n) is 7.47. The van der Waals surface area contributed by atoms with Crippen LogP contribution < -0.4 is 10.0 Å². The number of carbonyl (C=O) groups is 1. The Labute approximate surface area is 148 Å². The SMILES string of the molecule is C[C@@H](NC(=O)c1ccc(CNS(C)(=O)=O)o1)c1cccc(C(F)(F)F)c1. The highest BCUT2D eigenvalue weighted by Gasteiger charge is 2.30. The minimum absolute atomic E-state index is 0.0749. The first-order chi connectivity index (χ1) is 12.0. The molecular formula is C16H17F3N2O4S. The molecule has 0 saturated heterocycles. The fourth-order valence-corrected chi connectivity index (χ4v) is 2.54. The number of nitrogens with one attached hydrogen (secondary N) is 2. The molecule has 0 bridgehead atoms. The van der Waals surface area contributed by atoms with Gasteiger partial charge in [-0.2, -0.15) is 13.2 Å². The van der Waals surface area contributed by atoms with Gasteiger partial charge in [0.2, 0.25) is 10.0 Å². The molecule has 1 amide bonds. The van der Waals surface area contributed by atoms with Crippen molar-refractivity contribution in [2.75, 3.05) is 6.26 Å². The lowest BCUT2D eigenvalue weighted by molar-refractivity contribution is -0.137. The van der Waals surface area contributed by atoms with Crippen LogP contribution in [0.1, 0.15) is 40.4 Å². The first-order valence-corrected chi connectivity index (χ1v) is 9.36. The van der Waals surface area contributed by atoms with E-state index in [2.05, 4.69) is 10.0 Å². The summed E-state index contributed by atoms with van der Waals surface area (Å²) in [6.07, 6.45) is -3.48. The summed E-state index contributed by atoms with van der Waals surface area (Å²) in [5, 5.41) is 2.54. The van der Waals surface area contributed by atoms with Crippen molar-refractivity contribution in [3.63, 3.8) is 0 Å². The van der Waals surface area contributed by atoms with Gasteiger partial charge in [0.25, 0.3) is 5.91 Å². The molecule has 1 heterocycles. The average molecular weight is 390 g/mol. The summed E-state index contributed by atoms with van der Waals surface area (Å²) in [7, 11) is -3.41. The van der Waals surface area contributed by atoms with Crippen molar-refractivity contribution in [2.24, 2.45) is 0 Å². The molecular weight excluding hydrogens is 373 g/mol. The van der Waals surface area contributed by atoms with Gasteiger partial charge in [0.15, 0.2) is 5.76 Å². The van der Waals surface area contributed by atoms with E-state index in [4.69, 9.17) is 4.42 Å². The van der Waals surface area contributed by atoms with Crippen LogP contribution in [0.25, 0.3) is 0 Å². The Morgan fingerprint density at radius 1 is 1.23 bits per heavy atom. The molecule has 26 heavy (non-hydrogen) atoms. The van der Waals surface area contributed by atoms with Gasteiger partial charge >= 0.3 is 6.18 Å². The van der Waals surface area contributed by atoms with E-state index in [-0.39, 0.29) is 18.1 Å². The standard InChI is InChI=1S/C16H17F3N2O4S/c1-10(11-4-3-5-12(8-11)16(17,18)19)21-15(22)14-7-6-13(25-14)9-20-26(2,23)24/h3-8,10,20H,9H2,1-2H3,(H,21,22)/t10-/m1/s1. The molecule has 2 N–H and O–H groups in total. The van der Waals surface area contributed by atoms with Crippen molar-refractivity contribution in [2.45, 2.75) is 25.7 Å². The number of sulfonamides is 1. The third-order valence-corrected chi connectivity index (χ3v) is 4.12. The third-order valence-electron chi connectivity index (χ3n) is 3.46. The van der Waals surface area contributed by atoms with E-state index in [0.717, 1.165) is 18.4 Å². The minimum atomic E-state index is -4.47. The zero-order valence-electron chi connectivity index (χ0n) is 13.9. The maximum absolute atomic E-state index is 12.8. The van der Waals surface area contributed by atoms with Gasteiger partial charge in [-0.15, -0.1) is 0 Å². The predicted molar refractivity (Wildman–Crippen MR) is 87.7 cm³/mol. The Hall–Kier alpha value is -2.33. The van der Waals surface area contributed by atoms with E-state index in [1.807, 2.05) is 0 Å². The summed E-state index contributed by atoms with van der Waals surface area (Å²) in [5.74, 6) is -0.470. The van der Waals surface area contributed by atoms with Gasteiger partial charge < -0.3 is 9.73 Å². The molecule has 0 fully saturated rings. The summed E-state index contributed by atoms with van der Waals surface area (Å²) in [6, 6.07) is 6.76. The summed E-state index contributed by atoms with van der Waals surface area (Å²) >= 11 is 0. The second kappa shape index (κ2) is 7.50. The van der Waals surface area contributed by atoms with Crippen LogP contribution in [-0.4, -0.2) is 20.6 Å².